The second-order valence-electron chi connectivity index (χ2n) is 4.86. The van der Waals surface area contributed by atoms with Gasteiger partial charge in [0.15, 0.2) is 0 Å². The van der Waals surface area contributed by atoms with Crippen LogP contribution in [0.3, 0.4) is 0 Å². The third-order valence-corrected chi connectivity index (χ3v) is 3.10. The Balaban J connectivity index is 2.86. The second-order valence-corrected chi connectivity index (χ2v) is 4.86. The molecule has 0 fully saturated rings. The summed E-state index contributed by atoms with van der Waals surface area (Å²) in [6.45, 7) is 3.29. The Kier molecular flexibility index (Phi) is 5.07. The lowest BCUT2D eigenvalue weighted by Gasteiger charge is -2.28. The molecule has 0 aliphatic carbocycles. The van der Waals surface area contributed by atoms with Gasteiger partial charge < -0.3 is 10.4 Å². The maximum atomic E-state index is 13.1. The molecule has 5 nitrogen and oxygen atoms in total. The van der Waals surface area contributed by atoms with E-state index in [-0.39, 0.29) is 0 Å². The minimum absolute atomic E-state index is 0.311. The number of nitrogens with one attached hydrogen (secondary N) is 1. The highest BCUT2D eigenvalue weighted by molar-refractivity contribution is 5.95. The van der Waals surface area contributed by atoms with Crippen molar-refractivity contribution >= 4 is 17.7 Å². The van der Waals surface area contributed by atoms with Crippen molar-refractivity contribution in [2.45, 2.75) is 32.2 Å². The van der Waals surface area contributed by atoms with Gasteiger partial charge in [0.2, 0.25) is 0 Å². The van der Waals surface area contributed by atoms with E-state index < -0.39 is 23.4 Å². The number of rotatable bonds is 5. The summed E-state index contributed by atoms with van der Waals surface area (Å²) in [4.78, 5) is 24.5. The minimum Gasteiger partial charge on any atom is -0.480 e. The van der Waals surface area contributed by atoms with Crippen molar-refractivity contribution in [1.29, 1.82) is 0 Å². The van der Waals surface area contributed by atoms with Crippen LogP contribution in [0.2, 0.25) is 0 Å². The maximum Gasteiger partial charge on any atom is 0.329 e. The molecule has 0 aromatic heterocycles. The summed E-state index contributed by atoms with van der Waals surface area (Å²) < 4.78 is 13.1. The van der Waals surface area contributed by atoms with E-state index in [2.05, 4.69) is 5.32 Å². The lowest BCUT2D eigenvalue weighted by atomic mass is 9.96. The topological polar surface area (TPSA) is 69.6 Å². The number of urea groups is 1. The highest BCUT2D eigenvalue weighted by atomic mass is 19.1. The number of halogens is 1. The van der Waals surface area contributed by atoms with Gasteiger partial charge in [-0.15, -0.1) is 0 Å². The summed E-state index contributed by atoms with van der Waals surface area (Å²) in [7, 11) is 1.46. The summed E-state index contributed by atoms with van der Waals surface area (Å²) in [6, 6.07) is 4.94. The molecule has 0 aliphatic heterocycles. The molecule has 0 bridgehead atoms. The summed E-state index contributed by atoms with van der Waals surface area (Å²) in [6.07, 6.45) is 0.928. The van der Waals surface area contributed by atoms with Crippen LogP contribution in [-0.4, -0.2) is 29.7 Å². The Morgan fingerprint density at radius 3 is 2.60 bits per heavy atom. The molecule has 0 saturated heterocycles. The van der Waals surface area contributed by atoms with Gasteiger partial charge in [0.25, 0.3) is 0 Å². The number of hydrogen-bond donors (Lipinski definition) is 2. The van der Waals surface area contributed by atoms with E-state index in [1.54, 1.807) is 6.07 Å². The van der Waals surface area contributed by atoms with E-state index >= 15 is 0 Å². The Labute approximate surface area is 117 Å². The SMILES string of the molecule is CCCC(C)(NC(=O)N(C)c1cccc(F)c1)C(=O)O. The zero-order valence-corrected chi connectivity index (χ0v) is 11.8. The Hall–Kier alpha value is -2.11. The van der Waals surface area contributed by atoms with Gasteiger partial charge >= 0.3 is 12.0 Å². The molecule has 0 spiro atoms. The fourth-order valence-electron chi connectivity index (χ4n) is 1.84. The molecular weight excluding hydrogens is 263 g/mol. The van der Waals surface area contributed by atoms with Gasteiger partial charge in [0.05, 0.1) is 0 Å². The zero-order valence-electron chi connectivity index (χ0n) is 11.8. The van der Waals surface area contributed by atoms with Gasteiger partial charge in [0.1, 0.15) is 11.4 Å². The number of carbonyl (C=O) groups is 2. The number of aliphatic carboxylic acids is 1. The molecule has 2 N–H and O–H groups in total. The van der Waals surface area contributed by atoms with Crippen molar-refractivity contribution in [2.75, 3.05) is 11.9 Å². The minimum atomic E-state index is -1.34. The number of nitrogens with zero attached hydrogens (tertiary/aromatic N) is 1. The van der Waals surface area contributed by atoms with E-state index in [4.69, 9.17) is 0 Å². The first kappa shape index (κ1) is 15.9. The Morgan fingerprint density at radius 1 is 1.45 bits per heavy atom. The molecule has 1 unspecified atom stereocenters. The van der Waals surface area contributed by atoms with Crippen molar-refractivity contribution in [1.82, 2.24) is 5.32 Å². The van der Waals surface area contributed by atoms with Gasteiger partial charge in [-0.2, -0.15) is 0 Å². The van der Waals surface area contributed by atoms with Gasteiger partial charge in [-0.1, -0.05) is 19.4 Å². The average molecular weight is 282 g/mol. The Bertz CT molecular complexity index is 507. The van der Waals surface area contributed by atoms with Crippen LogP contribution < -0.4 is 10.2 Å². The standard InChI is InChI=1S/C14H19FN2O3/c1-4-8-14(2,12(18)19)16-13(20)17(3)11-7-5-6-10(15)9-11/h5-7,9H,4,8H2,1-3H3,(H,16,20)(H,18,19). The van der Waals surface area contributed by atoms with E-state index in [0.29, 0.717) is 18.5 Å². The third kappa shape index (κ3) is 3.69. The van der Waals surface area contributed by atoms with Crippen LogP contribution in [0.4, 0.5) is 14.9 Å². The molecule has 1 aromatic rings. The largest absolute Gasteiger partial charge is 0.480 e. The van der Waals surface area contributed by atoms with Crippen LogP contribution >= 0.6 is 0 Å². The number of hydrogen-bond acceptors (Lipinski definition) is 2. The highest BCUT2D eigenvalue weighted by Crippen LogP contribution is 2.17. The van der Waals surface area contributed by atoms with E-state index in [9.17, 15) is 19.1 Å². The van der Waals surface area contributed by atoms with Crippen LogP contribution in [0.15, 0.2) is 24.3 Å². The molecule has 1 atom stereocenters. The summed E-state index contributed by atoms with van der Waals surface area (Å²) in [5, 5.41) is 11.7. The summed E-state index contributed by atoms with van der Waals surface area (Å²) in [5.41, 5.74) is -0.986. The normalized spacial score (nSPS) is 13.4. The van der Waals surface area contributed by atoms with Crippen LogP contribution in [0.1, 0.15) is 26.7 Å². The number of carboxylic acids is 1. The van der Waals surface area contributed by atoms with Crippen molar-refractivity contribution < 1.29 is 19.1 Å². The molecule has 1 aromatic carbocycles. The maximum absolute atomic E-state index is 13.1. The van der Waals surface area contributed by atoms with Crippen molar-refractivity contribution in [3.8, 4) is 0 Å². The van der Waals surface area contributed by atoms with Gasteiger partial charge in [-0.05, 0) is 31.5 Å². The molecule has 6 heteroatoms. The van der Waals surface area contributed by atoms with Gasteiger partial charge in [-0.3, -0.25) is 4.90 Å². The lowest BCUT2D eigenvalue weighted by molar-refractivity contribution is -0.144. The van der Waals surface area contributed by atoms with Gasteiger partial charge in [0, 0.05) is 12.7 Å². The molecule has 110 valence electrons. The first-order valence-corrected chi connectivity index (χ1v) is 6.35. The molecule has 0 radical (unpaired) electrons. The number of amides is 2. The van der Waals surface area contributed by atoms with E-state index in [0.717, 1.165) is 0 Å². The smallest absolute Gasteiger partial charge is 0.329 e. The fourth-order valence-corrected chi connectivity index (χ4v) is 1.84. The number of benzene rings is 1. The van der Waals surface area contributed by atoms with E-state index in [1.165, 1.54) is 37.1 Å². The van der Waals surface area contributed by atoms with Crippen molar-refractivity contribution in [3.63, 3.8) is 0 Å². The predicted molar refractivity (Wildman–Crippen MR) is 74.3 cm³/mol. The summed E-state index contributed by atoms with van der Waals surface area (Å²) in [5.74, 6) is -1.56. The monoisotopic (exact) mass is 282 g/mol. The quantitative estimate of drug-likeness (QED) is 0.872. The molecule has 1 rings (SSSR count). The zero-order chi connectivity index (χ0) is 15.3. The lowest BCUT2D eigenvalue weighted by Crippen LogP contribution is -2.55. The first-order chi connectivity index (χ1) is 9.30. The van der Waals surface area contributed by atoms with Gasteiger partial charge in [-0.25, -0.2) is 14.0 Å². The number of carboxylic acid groups (broad SMARTS) is 1. The number of carbonyl (C=O) groups excluding carboxylic acids is 1. The molecule has 0 saturated carbocycles. The van der Waals surface area contributed by atoms with Crippen LogP contribution in [-0.2, 0) is 4.79 Å². The third-order valence-electron chi connectivity index (χ3n) is 3.10. The predicted octanol–water partition coefficient (Wildman–Crippen LogP) is 2.61. The van der Waals surface area contributed by atoms with Crippen LogP contribution in [0, 0.1) is 5.82 Å². The van der Waals surface area contributed by atoms with E-state index in [1.807, 2.05) is 6.92 Å². The molecular formula is C14H19FN2O3. The Morgan fingerprint density at radius 2 is 2.10 bits per heavy atom. The first-order valence-electron chi connectivity index (χ1n) is 6.35. The summed E-state index contributed by atoms with van der Waals surface area (Å²) >= 11 is 0. The van der Waals surface area contributed by atoms with Crippen molar-refractivity contribution in [2.24, 2.45) is 0 Å². The molecule has 0 aliphatic rings. The number of anilines is 1. The molecule has 20 heavy (non-hydrogen) atoms. The van der Waals surface area contributed by atoms with Crippen LogP contribution in [0.25, 0.3) is 0 Å². The second kappa shape index (κ2) is 6.36. The fraction of sp³-hybridized carbons (Fsp3) is 0.429. The van der Waals surface area contributed by atoms with Crippen molar-refractivity contribution in [3.05, 3.63) is 30.1 Å². The van der Waals surface area contributed by atoms with Crippen LogP contribution in [0.5, 0.6) is 0 Å². The average Bonchev–Trinajstić information content (AvgIpc) is 2.37. The molecule has 0 heterocycles. The highest BCUT2D eigenvalue weighted by Gasteiger charge is 2.34. The molecule has 2 amide bonds.